The SMILES string of the molecule is CCOc1ccc2nc(C(=O)N[C@@H](CC)c3ccc(OC)cc3)cn2n1. The Hall–Kier alpha value is -3.09. The van der Waals surface area contributed by atoms with E-state index in [1.54, 1.807) is 30.0 Å². The summed E-state index contributed by atoms with van der Waals surface area (Å²) in [6.07, 6.45) is 2.37. The third-order valence-corrected chi connectivity index (χ3v) is 4.05. The van der Waals surface area contributed by atoms with E-state index in [0.717, 1.165) is 17.7 Å². The Morgan fingerprint density at radius 1 is 1.19 bits per heavy atom. The first kappa shape index (κ1) is 17.7. The Bertz CT molecular complexity index is 889. The molecule has 3 aromatic rings. The molecule has 0 aliphatic heterocycles. The predicted molar refractivity (Wildman–Crippen MR) is 97.6 cm³/mol. The number of imidazole rings is 1. The maximum absolute atomic E-state index is 12.6. The van der Waals surface area contributed by atoms with Crippen LogP contribution in [0.2, 0.25) is 0 Å². The molecule has 0 aliphatic rings. The van der Waals surface area contributed by atoms with Crippen molar-refractivity contribution < 1.29 is 14.3 Å². The van der Waals surface area contributed by atoms with Gasteiger partial charge in [0.25, 0.3) is 5.91 Å². The van der Waals surface area contributed by atoms with Gasteiger partial charge in [0.1, 0.15) is 11.4 Å². The summed E-state index contributed by atoms with van der Waals surface area (Å²) in [7, 11) is 1.63. The number of rotatable bonds is 7. The van der Waals surface area contributed by atoms with Crippen molar-refractivity contribution in [3.05, 3.63) is 53.9 Å². The van der Waals surface area contributed by atoms with Gasteiger partial charge in [-0.05, 0) is 37.1 Å². The van der Waals surface area contributed by atoms with Gasteiger partial charge in [0.2, 0.25) is 5.88 Å². The number of methoxy groups -OCH3 is 1. The first-order valence-corrected chi connectivity index (χ1v) is 8.58. The molecule has 1 amide bonds. The molecule has 0 aliphatic carbocycles. The molecular formula is C19H22N4O3. The van der Waals surface area contributed by atoms with Gasteiger partial charge in [-0.1, -0.05) is 19.1 Å². The highest BCUT2D eigenvalue weighted by Crippen LogP contribution is 2.20. The molecule has 0 spiro atoms. The van der Waals surface area contributed by atoms with Gasteiger partial charge < -0.3 is 14.8 Å². The molecule has 0 radical (unpaired) electrons. The zero-order valence-corrected chi connectivity index (χ0v) is 15.1. The second-order valence-corrected chi connectivity index (χ2v) is 5.74. The largest absolute Gasteiger partial charge is 0.497 e. The number of hydrogen-bond acceptors (Lipinski definition) is 5. The van der Waals surface area contributed by atoms with Gasteiger partial charge in [-0.2, -0.15) is 0 Å². The molecule has 7 nitrogen and oxygen atoms in total. The number of ether oxygens (including phenoxy) is 2. The van der Waals surface area contributed by atoms with E-state index >= 15 is 0 Å². The number of amides is 1. The number of aromatic nitrogens is 3. The van der Waals surface area contributed by atoms with E-state index in [2.05, 4.69) is 15.4 Å². The monoisotopic (exact) mass is 354 g/mol. The van der Waals surface area contributed by atoms with E-state index < -0.39 is 0 Å². The van der Waals surface area contributed by atoms with Crippen molar-refractivity contribution in [1.29, 1.82) is 0 Å². The number of carbonyl (C=O) groups is 1. The maximum Gasteiger partial charge on any atom is 0.272 e. The van der Waals surface area contributed by atoms with E-state index in [9.17, 15) is 4.79 Å². The van der Waals surface area contributed by atoms with Gasteiger partial charge in [-0.15, -0.1) is 5.10 Å². The molecule has 0 saturated heterocycles. The number of nitrogens with one attached hydrogen (secondary N) is 1. The van der Waals surface area contributed by atoms with Crippen molar-refractivity contribution >= 4 is 11.6 Å². The first-order valence-electron chi connectivity index (χ1n) is 8.58. The lowest BCUT2D eigenvalue weighted by atomic mass is 10.0. The van der Waals surface area contributed by atoms with E-state index in [4.69, 9.17) is 9.47 Å². The second-order valence-electron chi connectivity index (χ2n) is 5.74. The van der Waals surface area contributed by atoms with Crippen LogP contribution >= 0.6 is 0 Å². The average molecular weight is 354 g/mol. The summed E-state index contributed by atoms with van der Waals surface area (Å²) in [6, 6.07) is 11.1. The summed E-state index contributed by atoms with van der Waals surface area (Å²) in [4.78, 5) is 17.0. The van der Waals surface area contributed by atoms with Crippen LogP contribution in [0.3, 0.4) is 0 Å². The number of carbonyl (C=O) groups excluding carboxylic acids is 1. The number of nitrogens with zero attached hydrogens (tertiary/aromatic N) is 3. The summed E-state index contributed by atoms with van der Waals surface area (Å²) in [5, 5.41) is 7.31. The maximum atomic E-state index is 12.6. The number of benzene rings is 1. The first-order chi connectivity index (χ1) is 12.6. The molecule has 0 saturated carbocycles. The molecule has 2 aromatic heterocycles. The Morgan fingerprint density at radius 2 is 1.96 bits per heavy atom. The zero-order chi connectivity index (χ0) is 18.5. The minimum Gasteiger partial charge on any atom is -0.497 e. The smallest absolute Gasteiger partial charge is 0.272 e. The van der Waals surface area contributed by atoms with Crippen molar-refractivity contribution in [3.63, 3.8) is 0 Å². The van der Waals surface area contributed by atoms with Crippen LogP contribution in [0.1, 0.15) is 42.4 Å². The van der Waals surface area contributed by atoms with Crippen LogP contribution in [0.4, 0.5) is 0 Å². The predicted octanol–water partition coefficient (Wildman–Crippen LogP) is 3.02. The lowest BCUT2D eigenvalue weighted by molar-refractivity contribution is 0.0931. The molecule has 7 heteroatoms. The Balaban J connectivity index is 1.77. The van der Waals surface area contributed by atoms with Gasteiger partial charge in [0.05, 0.1) is 26.0 Å². The summed E-state index contributed by atoms with van der Waals surface area (Å²) in [5.41, 5.74) is 1.93. The van der Waals surface area contributed by atoms with Gasteiger partial charge in [0, 0.05) is 6.07 Å². The quantitative estimate of drug-likeness (QED) is 0.706. The van der Waals surface area contributed by atoms with Gasteiger partial charge in [-0.25, -0.2) is 9.50 Å². The van der Waals surface area contributed by atoms with Gasteiger partial charge in [-0.3, -0.25) is 4.79 Å². The van der Waals surface area contributed by atoms with Crippen molar-refractivity contribution in [2.45, 2.75) is 26.3 Å². The number of fused-ring (bicyclic) bond motifs is 1. The van der Waals surface area contributed by atoms with E-state index in [0.29, 0.717) is 23.8 Å². The van der Waals surface area contributed by atoms with E-state index in [1.807, 2.05) is 38.1 Å². The van der Waals surface area contributed by atoms with Crippen LogP contribution in [0.5, 0.6) is 11.6 Å². The molecule has 2 heterocycles. The fourth-order valence-corrected chi connectivity index (χ4v) is 2.69. The minimum atomic E-state index is -0.240. The number of hydrogen-bond donors (Lipinski definition) is 1. The van der Waals surface area contributed by atoms with Crippen LogP contribution in [0.15, 0.2) is 42.6 Å². The minimum absolute atomic E-state index is 0.106. The molecule has 0 bridgehead atoms. The molecule has 1 atom stereocenters. The summed E-state index contributed by atoms with van der Waals surface area (Å²) >= 11 is 0. The Labute approximate surface area is 152 Å². The third kappa shape index (κ3) is 3.77. The lowest BCUT2D eigenvalue weighted by Crippen LogP contribution is -2.28. The van der Waals surface area contributed by atoms with Crippen molar-refractivity contribution in [1.82, 2.24) is 19.9 Å². The summed E-state index contributed by atoms with van der Waals surface area (Å²) in [5.74, 6) is 1.04. The van der Waals surface area contributed by atoms with Crippen LogP contribution < -0.4 is 14.8 Å². The van der Waals surface area contributed by atoms with E-state index in [-0.39, 0.29) is 11.9 Å². The van der Waals surface area contributed by atoms with Crippen molar-refractivity contribution in [2.75, 3.05) is 13.7 Å². The molecule has 26 heavy (non-hydrogen) atoms. The fourth-order valence-electron chi connectivity index (χ4n) is 2.69. The van der Waals surface area contributed by atoms with Gasteiger partial charge >= 0.3 is 0 Å². The van der Waals surface area contributed by atoms with Crippen LogP contribution in [-0.2, 0) is 0 Å². The van der Waals surface area contributed by atoms with Crippen LogP contribution in [-0.4, -0.2) is 34.2 Å². The molecule has 0 unspecified atom stereocenters. The zero-order valence-electron chi connectivity index (χ0n) is 15.1. The molecule has 1 N–H and O–H groups in total. The highest BCUT2D eigenvalue weighted by molar-refractivity contribution is 5.93. The van der Waals surface area contributed by atoms with Gasteiger partial charge in [0.15, 0.2) is 5.65 Å². The fraction of sp³-hybridized carbons (Fsp3) is 0.316. The summed E-state index contributed by atoms with van der Waals surface area (Å²) < 4.78 is 12.1. The van der Waals surface area contributed by atoms with Crippen LogP contribution in [0, 0.1) is 0 Å². The molecular weight excluding hydrogens is 332 g/mol. The highest BCUT2D eigenvalue weighted by Gasteiger charge is 2.17. The third-order valence-electron chi connectivity index (χ3n) is 4.05. The molecule has 1 aromatic carbocycles. The standard InChI is InChI=1S/C19H22N4O3/c1-4-15(13-6-8-14(25-3)9-7-13)21-19(24)16-12-23-17(20-16)10-11-18(22-23)26-5-2/h6-12,15H,4-5H2,1-3H3,(H,21,24)/t15-/m0/s1. The Kier molecular flexibility index (Phi) is 5.36. The normalized spacial score (nSPS) is 12.0. The molecule has 0 fully saturated rings. The highest BCUT2D eigenvalue weighted by atomic mass is 16.5. The summed E-state index contributed by atoms with van der Waals surface area (Å²) in [6.45, 7) is 4.44. The molecule has 136 valence electrons. The van der Waals surface area contributed by atoms with Crippen molar-refractivity contribution in [3.8, 4) is 11.6 Å². The second kappa shape index (κ2) is 7.86. The van der Waals surface area contributed by atoms with E-state index in [1.165, 1.54) is 0 Å². The topological polar surface area (TPSA) is 77.8 Å². The van der Waals surface area contributed by atoms with Crippen molar-refractivity contribution in [2.24, 2.45) is 0 Å². The Morgan fingerprint density at radius 3 is 2.62 bits per heavy atom. The lowest BCUT2D eigenvalue weighted by Gasteiger charge is -2.17. The average Bonchev–Trinajstić information content (AvgIpc) is 3.10. The van der Waals surface area contributed by atoms with Crippen LogP contribution in [0.25, 0.3) is 5.65 Å². The molecule has 3 rings (SSSR count).